The summed E-state index contributed by atoms with van der Waals surface area (Å²) in [6.45, 7) is 5.87. The first-order valence-corrected chi connectivity index (χ1v) is 13.9. The van der Waals surface area contributed by atoms with E-state index in [4.69, 9.17) is 18.9 Å². The van der Waals surface area contributed by atoms with E-state index in [9.17, 15) is 18.0 Å². The molecule has 9 heteroatoms. The second-order valence-corrected chi connectivity index (χ2v) is 12.3. The summed E-state index contributed by atoms with van der Waals surface area (Å²) in [5.74, 6) is 0.535. The lowest BCUT2D eigenvalue weighted by atomic mass is 9.99. The molecule has 0 radical (unpaired) electrons. The largest absolute Gasteiger partial charge is 0.497 e. The van der Waals surface area contributed by atoms with E-state index in [0.717, 1.165) is 0 Å². The number of carbonyl (C=O) groups is 2. The number of unbranched alkanes of at least 4 members (excludes halogenated alkanes) is 1. The van der Waals surface area contributed by atoms with E-state index in [1.54, 1.807) is 64.3 Å². The number of sulfone groups is 1. The molecule has 1 aliphatic rings. The van der Waals surface area contributed by atoms with Crippen LogP contribution in [0.25, 0.3) is 0 Å². The topological polar surface area (TPSA) is 105 Å². The highest BCUT2D eigenvalue weighted by molar-refractivity contribution is 7.93. The Morgan fingerprint density at radius 1 is 0.919 bits per heavy atom. The summed E-state index contributed by atoms with van der Waals surface area (Å²) in [4.78, 5) is 25.4. The van der Waals surface area contributed by atoms with E-state index in [-0.39, 0.29) is 36.7 Å². The molecule has 2 aromatic carbocycles. The Morgan fingerprint density at radius 3 is 2.08 bits per heavy atom. The third-order valence-corrected chi connectivity index (χ3v) is 8.70. The Bertz CT molecular complexity index is 1160. The van der Waals surface area contributed by atoms with Crippen LogP contribution in [-0.4, -0.2) is 57.4 Å². The number of methoxy groups -OCH3 is 1. The molecule has 2 aromatic rings. The molecule has 0 atom stereocenters. The average molecular weight is 533 g/mol. The van der Waals surface area contributed by atoms with Crippen LogP contribution in [0, 0.1) is 0 Å². The first-order chi connectivity index (χ1) is 17.5. The summed E-state index contributed by atoms with van der Waals surface area (Å²) in [5.41, 5.74) is -0.165. The highest BCUT2D eigenvalue weighted by Crippen LogP contribution is 2.37. The van der Waals surface area contributed by atoms with Crippen molar-refractivity contribution >= 4 is 21.6 Å². The van der Waals surface area contributed by atoms with Gasteiger partial charge in [0.05, 0.1) is 18.6 Å². The molecule has 1 heterocycles. The van der Waals surface area contributed by atoms with Gasteiger partial charge >= 0.3 is 5.97 Å². The number of hydrogen-bond acceptors (Lipinski definition) is 8. The van der Waals surface area contributed by atoms with Gasteiger partial charge in [-0.1, -0.05) is 0 Å². The lowest BCUT2D eigenvalue weighted by Gasteiger charge is -2.36. The van der Waals surface area contributed by atoms with Crippen molar-refractivity contribution in [2.24, 2.45) is 0 Å². The molecule has 1 saturated heterocycles. The second-order valence-electron chi connectivity index (χ2n) is 10.0. The summed E-state index contributed by atoms with van der Waals surface area (Å²) in [7, 11) is -2.46. The van der Waals surface area contributed by atoms with Gasteiger partial charge in [0.15, 0.2) is 20.4 Å². The zero-order chi connectivity index (χ0) is 27.1. The summed E-state index contributed by atoms with van der Waals surface area (Å²) in [6, 6.07) is 13.1. The van der Waals surface area contributed by atoms with Gasteiger partial charge in [-0.2, -0.15) is 0 Å². The monoisotopic (exact) mass is 532 g/mol. The fraction of sp³-hybridized carbons (Fsp3) is 0.500. The van der Waals surface area contributed by atoms with Crippen molar-refractivity contribution in [1.82, 2.24) is 0 Å². The van der Waals surface area contributed by atoms with Crippen LogP contribution in [0.15, 0.2) is 53.4 Å². The molecule has 0 saturated carbocycles. The minimum Gasteiger partial charge on any atom is -0.497 e. The molecule has 0 aliphatic carbocycles. The molecule has 0 spiro atoms. The van der Waals surface area contributed by atoms with Crippen LogP contribution < -0.4 is 9.47 Å². The van der Waals surface area contributed by atoms with Crippen LogP contribution >= 0.6 is 0 Å². The van der Waals surface area contributed by atoms with Gasteiger partial charge < -0.3 is 18.9 Å². The molecule has 8 nitrogen and oxygen atoms in total. The first-order valence-electron chi connectivity index (χ1n) is 12.4. The number of hydrogen-bond donors (Lipinski definition) is 0. The number of esters is 1. The maximum absolute atomic E-state index is 13.6. The normalized spacial score (nSPS) is 15.6. The van der Waals surface area contributed by atoms with Gasteiger partial charge in [0.25, 0.3) is 0 Å². The average Bonchev–Trinajstić information content (AvgIpc) is 2.88. The molecule has 0 amide bonds. The summed E-state index contributed by atoms with van der Waals surface area (Å²) >= 11 is 0. The fourth-order valence-electron chi connectivity index (χ4n) is 4.09. The second kappa shape index (κ2) is 12.1. The number of ether oxygens (including phenoxy) is 4. The molecular weight excluding hydrogens is 496 g/mol. The summed E-state index contributed by atoms with van der Waals surface area (Å²) in [6.07, 6.45) is 1.82. The zero-order valence-electron chi connectivity index (χ0n) is 21.9. The molecule has 1 aliphatic heterocycles. The lowest BCUT2D eigenvalue weighted by Crippen LogP contribution is -2.53. The van der Waals surface area contributed by atoms with Gasteiger partial charge in [-0.05, 0) is 82.1 Å². The Morgan fingerprint density at radius 2 is 1.51 bits per heavy atom. The third kappa shape index (κ3) is 7.11. The van der Waals surface area contributed by atoms with Crippen molar-refractivity contribution in [3.8, 4) is 11.5 Å². The summed E-state index contributed by atoms with van der Waals surface area (Å²) in [5, 5.41) is 0. The zero-order valence-corrected chi connectivity index (χ0v) is 22.8. The SMILES string of the molecule is COc1ccc(C(=O)CCCCOc2ccc(S(=O)(=O)C3(C(=O)OC(C)(C)C)CCOCC3)cc2)cc1. The Labute approximate surface area is 219 Å². The molecule has 0 N–H and O–H groups in total. The van der Waals surface area contributed by atoms with Crippen LogP contribution in [-0.2, 0) is 24.1 Å². The number of carbonyl (C=O) groups excluding carboxylic acids is 2. The Kier molecular flexibility index (Phi) is 9.36. The van der Waals surface area contributed by atoms with Crippen LogP contribution in [0.4, 0.5) is 0 Å². The Balaban J connectivity index is 1.57. The summed E-state index contributed by atoms with van der Waals surface area (Å²) < 4.78 is 47.3. The minimum absolute atomic E-state index is 0.0394. The number of ketones is 1. The molecular formula is C28H36O8S. The molecule has 0 aromatic heterocycles. The van der Waals surface area contributed by atoms with E-state index in [1.807, 2.05) is 0 Å². The number of benzene rings is 2. The smallest absolute Gasteiger partial charge is 0.328 e. The van der Waals surface area contributed by atoms with Crippen LogP contribution in [0.5, 0.6) is 11.5 Å². The van der Waals surface area contributed by atoms with Crippen LogP contribution in [0.1, 0.15) is 63.2 Å². The van der Waals surface area contributed by atoms with Gasteiger partial charge in [-0.15, -0.1) is 0 Å². The molecule has 3 rings (SSSR count). The molecule has 202 valence electrons. The van der Waals surface area contributed by atoms with Crippen molar-refractivity contribution < 1.29 is 37.0 Å². The van der Waals surface area contributed by atoms with Crippen molar-refractivity contribution in [1.29, 1.82) is 0 Å². The van der Waals surface area contributed by atoms with Gasteiger partial charge in [0, 0.05) is 38.0 Å². The lowest BCUT2D eigenvalue weighted by molar-refractivity contribution is -0.160. The van der Waals surface area contributed by atoms with Crippen molar-refractivity contribution in [2.45, 2.75) is 68.1 Å². The maximum Gasteiger partial charge on any atom is 0.328 e. The quantitative estimate of drug-likeness (QED) is 0.231. The van der Waals surface area contributed by atoms with Crippen molar-refractivity contribution in [3.05, 3.63) is 54.1 Å². The van der Waals surface area contributed by atoms with E-state index in [2.05, 4.69) is 0 Å². The highest BCUT2D eigenvalue weighted by atomic mass is 32.2. The van der Waals surface area contributed by atoms with Gasteiger partial charge in [-0.3, -0.25) is 9.59 Å². The van der Waals surface area contributed by atoms with Crippen LogP contribution in [0.2, 0.25) is 0 Å². The Hall–Kier alpha value is -2.91. The van der Waals surface area contributed by atoms with Gasteiger partial charge in [0.1, 0.15) is 17.1 Å². The third-order valence-electron chi connectivity index (χ3n) is 6.20. The van der Waals surface area contributed by atoms with Gasteiger partial charge in [-0.25, -0.2) is 8.42 Å². The number of Topliss-reactive ketones (excluding diaryl/α,β-unsaturated/α-hetero) is 1. The minimum atomic E-state index is -4.04. The highest BCUT2D eigenvalue weighted by Gasteiger charge is 2.54. The standard InChI is InChI=1S/C28H36O8S/c1-27(2,3)36-26(30)28(16-19-34-20-17-28)37(31,32)24-14-12-23(13-15-24)35-18-6-5-7-25(29)21-8-10-22(33-4)11-9-21/h8-15H,5-7,16-20H2,1-4H3. The first kappa shape index (κ1) is 28.7. The molecule has 0 unspecified atom stereocenters. The molecule has 37 heavy (non-hydrogen) atoms. The predicted molar refractivity (Wildman–Crippen MR) is 139 cm³/mol. The van der Waals surface area contributed by atoms with Gasteiger partial charge in [0.2, 0.25) is 0 Å². The maximum atomic E-state index is 13.6. The van der Waals surface area contributed by atoms with E-state index < -0.39 is 26.2 Å². The number of rotatable bonds is 11. The van der Waals surface area contributed by atoms with Crippen molar-refractivity contribution in [3.63, 3.8) is 0 Å². The molecule has 0 bridgehead atoms. The van der Waals surface area contributed by atoms with E-state index in [1.165, 1.54) is 12.1 Å². The van der Waals surface area contributed by atoms with E-state index in [0.29, 0.717) is 42.9 Å². The molecule has 1 fully saturated rings. The van der Waals surface area contributed by atoms with Crippen molar-refractivity contribution in [2.75, 3.05) is 26.9 Å². The van der Waals surface area contributed by atoms with E-state index >= 15 is 0 Å². The fourth-order valence-corrected chi connectivity index (χ4v) is 6.01. The van der Waals surface area contributed by atoms with Crippen LogP contribution in [0.3, 0.4) is 0 Å². The predicted octanol–water partition coefficient (Wildman–Crippen LogP) is 4.79.